The van der Waals surface area contributed by atoms with Crippen LogP contribution in [0, 0.1) is 11.7 Å². The normalized spacial score (nSPS) is 18.4. The van der Waals surface area contributed by atoms with Crippen LogP contribution in [-0.2, 0) is 4.79 Å². The first-order valence-corrected chi connectivity index (χ1v) is 7.53. The van der Waals surface area contributed by atoms with Gasteiger partial charge < -0.3 is 15.3 Å². The highest BCUT2D eigenvalue weighted by molar-refractivity contribution is 5.78. The third-order valence-electron chi connectivity index (χ3n) is 4.00. The minimum absolute atomic E-state index is 0.0872. The number of hydrogen-bond donors (Lipinski definition) is 2. The lowest BCUT2D eigenvalue weighted by Crippen LogP contribution is -2.41. The molecule has 1 fully saturated rings. The number of piperidine rings is 1. The highest BCUT2D eigenvalue weighted by Gasteiger charge is 2.25. The largest absolute Gasteiger partial charge is 0.387 e. The molecule has 1 heterocycles. The van der Waals surface area contributed by atoms with Crippen LogP contribution in [0.3, 0.4) is 0 Å². The number of aliphatic hydroxyl groups is 1. The van der Waals surface area contributed by atoms with Crippen molar-refractivity contribution in [1.29, 1.82) is 0 Å². The SMILES string of the molecule is CCNC(=O)C1CCN(CC(O)c2ccc(F)cc2)CC1. The second-order valence-corrected chi connectivity index (χ2v) is 5.54. The standard InChI is InChI=1S/C16H23FN2O2/c1-2-18-16(21)13-7-9-19(10-8-13)11-15(20)12-3-5-14(17)6-4-12/h3-6,13,15,20H,2,7-11H2,1H3,(H,18,21). The molecule has 1 amide bonds. The van der Waals surface area contributed by atoms with Gasteiger partial charge >= 0.3 is 0 Å². The summed E-state index contributed by atoms with van der Waals surface area (Å²) in [5.74, 6) is -0.0749. The topological polar surface area (TPSA) is 52.6 Å². The van der Waals surface area contributed by atoms with Crippen molar-refractivity contribution < 1.29 is 14.3 Å². The summed E-state index contributed by atoms with van der Waals surface area (Å²) in [6.45, 7) is 4.72. The molecule has 5 heteroatoms. The van der Waals surface area contributed by atoms with Gasteiger partial charge in [0.25, 0.3) is 0 Å². The fourth-order valence-corrected chi connectivity index (χ4v) is 2.73. The van der Waals surface area contributed by atoms with Crippen molar-refractivity contribution in [2.75, 3.05) is 26.2 Å². The molecule has 2 rings (SSSR count). The molecule has 1 aromatic rings. The summed E-state index contributed by atoms with van der Waals surface area (Å²) >= 11 is 0. The van der Waals surface area contributed by atoms with Gasteiger partial charge in [0.15, 0.2) is 0 Å². The number of nitrogens with one attached hydrogen (secondary N) is 1. The van der Waals surface area contributed by atoms with Gasteiger partial charge in [-0.2, -0.15) is 0 Å². The number of hydrogen-bond acceptors (Lipinski definition) is 3. The van der Waals surface area contributed by atoms with Gasteiger partial charge in [-0.25, -0.2) is 4.39 Å². The molecule has 0 aliphatic carbocycles. The second kappa shape index (κ2) is 7.52. The van der Waals surface area contributed by atoms with E-state index < -0.39 is 6.10 Å². The summed E-state index contributed by atoms with van der Waals surface area (Å²) in [4.78, 5) is 13.9. The highest BCUT2D eigenvalue weighted by Crippen LogP contribution is 2.21. The van der Waals surface area contributed by atoms with E-state index in [1.54, 1.807) is 12.1 Å². The molecule has 4 nitrogen and oxygen atoms in total. The number of rotatable bonds is 5. The fourth-order valence-electron chi connectivity index (χ4n) is 2.73. The Morgan fingerprint density at radius 2 is 2.00 bits per heavy atom. The maximum Gasteiger partial charge on any atom is 0.223 e. The molecular formula is C16H23FN2O2. The molecule has 1 unspecified atom stereocenters. The van der Waals surface area contributed by atoms with Gasteiger partial charge in [0, 0.05) is 19.0 Å². The number of β-amino-alcohol motifs (C(OH)–C–C–N with tert-alkyl or cyclic N) is 1. The number of carbonyl (C=O) groups is 1. The molecule has 21 heavy (non-hydrogen) atoms. The smallest absolute Gasteiger partial charge is 0.223 e. The lowest BCUT2D eigenvalue weighted by Gasteiger charge is -2.32. The zero-order valence-electron chi connectivity index (χ0n) is 12.4. The van der Waals surface area contributed by atoms with Crippen LogP contribution >= 0.6 is 0 Å². The van der Waals surface area contributed by atoms with E-state index in [9.17, 15) is 14.3 Å². The van der Waals surface area contributed by atoms with Crippen LogP contribution in [0.1, 0.15) is 31.4 Å². The van der Waals surface area contributed by atoms with E-state index in [2.05, 4.69) is 10.2 Å². The van der Waals surface area contributed by atoms with E-state index in [1.165, 1.54) is 12.1 Å². The van der Waals surface area contributed by atoms with Crippen molar-refractivity contribution in [3.05, 3.63) is 35.6 Å². The summed E-state index contributed by atoms with van der Waals surface area (Å²) in [6.07, 6.45) is 1.02. The first-order chi connectivity index (χ1) is 10.1. The average Bonchev–Trinajstić information content (AvgIpc) is 2.49. The van der Waals surface area contributed by atoms with Crippen molar-refractivity contribution in [1.82, 2.24) is 10.2 Å². The molecule has 1 aliphatic rings. The highest BCUT2D eigenvalue weighted by atomic mass is 19.1. The Bertz CT molecular complexity index is 456. The summed E-state index contributed by atoms with van der Waals surface area (Å²) < 4.78 is 12.9. The maximum atomic E-state index is 12.9. The molecule has 116 valence electrons. The lowest BCUT2D eigenvalue weighted by molar-refractivity contribution is -0.126. The van der Waals surface area contributed by atoms with Gasteiger partial charge in [0.05, 0.1) is 6.10 Å². The molecule has 1 saturated heterocycles. The van der Waals surface area contributed by atoms with Crippen LogP contribution in [-0.4, -0.2) is 42.1 Å². The van der Waals surface area contributed by atoms with Gasteiger partial charge in [-0.05, 0) is 50.6 Å². The van der Waals surface area contributed by atoms with E-state index >= 15 is 0 Å². The predicted molar refractivity (Wildman–Crippen MR) is 79.2 cm³/mol. The third kappa shape index (κ3) is 4.51. The summed E-state index contributed by atoms with van der Waals surface area (Å²) in [6, 6.07) is 5.95. The molecule has 1 aromatic carbocycles. The average molecular weight is 294 g/mol. The summed E-state index contributed by atoms with van der Waals surface area (Å²) in [5.41, 5.74) is 0.724. The molecule has 0 bridgehead atoms. The second-order valence-electron chi connectivity index (χ2n) is 5.54. The molecule has 0 aromatic heterocycles. The van der Waals surface area contributed by atoms with Crippen LogP contribution in [0.5, 0.6) is 0 Å². The molecule has 0 radical (unpaired) electrons. The van der Waals surface area contributed by atoms with Crippen LogP contribution in [0.25, 0.3) is 0 Å². The minimum Gasteiger partial charge on any atom is -0.387 e. The van der Waals surface area contributed by atoms with Gasteiger partial charge in [0.1, 0.15) is 5.82 Å². The fraction of sp³-hybridized carbons (Fsp3) is 0.562. The number of likely N-dealkylation sites (tertiary alicyclic amines) is 1. The van der Waals surface area contributed by atoms with E-state index in [1.807, 2.05) is 6.92 Å². The van der Waals surface area contributed by atoms with Crippen molar-refractivity contribution >= 4 is 5.91 Å². The molecule has 0 saturated carbocycles. The van der Waals surface area contributed by atoms with Crippen LogP contribution in [0.15, 0.2) is 24.3 Å². The predicted octanol–water partition coefficient (Wildman–Crippen LogP) is 1.71. The first-order valence-electron chi connectivity index (χ1n) is 7.53. The number of halogens is 1. The van der Waals surface area contributed by atoms with E-state index in [4.69, 9.17) is 0 Å². The minimum atomic E-state index is -0.619. The van der Waals surface area contributed by atoms with Crippen LogP contribution in [0.2, 0.25) is 0 Å². The lowest BCUT2D eigenvalue weighted by atomic mass is 9.95. The molecule has 1 atom stereocenters. The monoisotopic (exact) mass is 294 g/mol. The molecule has 0 spiro atoms. The zero-order chi connectivity index (χ0) is 15.2. The Hall–Kier alpha value is -1.46. The van der Waals surface area contributed by atoms with Crippen molar-refractivity contribution in [3.63, 3.8) is 0 Å². The molecular weight excluding hydrogens is 271 g/mol. The summed E-state index contributed by atoms with van der Waals surface area (Å²) in [7, 11) is 0. The van der Waals surface area contributed by atoms with E-state index in [0.29, 0.717) is 13.1 Å². The van der Waals surface area contributed by atoms with E-state index in [-0.39, 0.29) is 17.6 Å². The molecule has 1 aliphatic heterocycles. The number of amides is 1. The Morgan fingerprint density at radius 1 is 1.38 bits per heavy atom. The Morgan fingerprint density at radius 3 is 2.57 bits per heavy atom. The van der Waals surface area contributed by atoms with Crippen molar-refractivity contribution in [2.45, 2.75) is 25.9 Å². The zero-order valence-corrected chi connectivity index (χ0v) is 12.4. The van der Waals surface area contributed by atoms with Crippen molar-refractivity contribution in [3.8, 4) is 0 Å². The number of carbonyl (C=O) groups excluding carboxylic acids is 1. The van der Waals surface area contributed by atoms with Gasteiger partial charge in [-0.15, -0.1) is 0 Å². The number of benzene rings is 1. The summed E-state index contributed by atoms with van der Waals surface area (Å²) in [5, 5.41) is 13.0. The van der Waals surface area contributed by atoms with Crippen LogP contribution < -0.4 is 5.32 Å². The van der Waals surface area contributed by atoms with Gasteiger partial charge in [0.2, 0.25) is 5.91 Å². The number of aliphatic hydroxyl groups excluding tert-OH is 1. The Balaban J connectivity index is 1.80. The van der Waals surface area contributed by atoms with Gasteiger partial charge in [-0.3, -0.25) is 4.79 Å². The maximum absolute atomic E-state index is 12.9. The van der Waals surface area contributed by atoms with Crippen LogP contribution in [0.4, 0.5) is 4.39 Å². The van der Waals surface area contributed by atoms with Gasteiger partial charge in [-0.1, -0.05) is 12.1 Å². The number of nitrogens with zero attached hydrogens (tertiary/aromatic N) is 1. The quantitative estimate of drug-likeness (QED) is 0.869. The Kier molecular flexibility index (Phi) is 5.70. The van der Waals surface area contributed by atoms with E-state index in [0.717, 1.165) is 31.5 Å². The Labute approximate surface area is 125 Å². The molecule has 2 N–H and O–H groups in total. The third-order valence-corrected chi connectivity index (χ3v) is 4.00. The first kappa shape index (κ1) is 15.9. The van der Waals surface area contributed by atoms with Crippen molar-refractivity contribution in [2.24, 2.45) is 5.92 Å².